The van der Waals surface area contributed by atoms with Crippen LogP contribution in [0, 0.1) is 0 Å². The van der Waals surface area contributed by atoms with Crippen LogP contribution in [0.2, 0.25) is 0 Å². The van der Waals surface area contributed by atoms with Crippen LogP contribution in [0.5, 0.6) is 5.75 Å². The minimum Gasteiger partial charge on any atom is -0.508 e. The maximum absolute atomic E-state index is 9.29. The number of phenols is 1. The second kappa shape index (κ2) is 3.34. The van der Waals surface area contributed by atoms with Crippen molar-refractivity contribution in [3.8, 4) is 17.1 Å². The third kappa shape index (κ3) is 1.58. The van der Waals surface area contributed by atoms with Crippen molar-refractivity contribution in [1.29, 1.82) is 0 Å². The monoisotopic (exact) mass is 254 g/mol. The molecular weight excluding hydrogens is 248 g/mol. The molecule has 14 heavy (non-hydrogen) atoms. The summed E-state index contributed by atoms with van der Waals surface area (Å²) in [6.07, 6.45) is 0. The lowest BCUT2D eigenvalue weighted by molar-refractivity contribution is 0.434. The molecule has 0 unspecified atom stereocenters. The number of aromatic nitrogens is 1. The first kappa shape index (κ1) is 9.08. The second-order valence-corrected chi connectivity index (χ2v) is 3.63. The zero-order chi connectivity index (χ0) is 10.1. The first-order chi connectivity index (χ1) is 6.66. The Bertz CT molecular complexity index is 468. The molecule has 0 saturated carbocycles. The van der Waals surface area contributed by atoms with E-state index in [-0.39, 0.29) is 5.75 Å². The molecule has 1 aromatic carbocycles. The first-order valence-corrected chi connectivity index (χ1v) is 4.67. The molecular formula is C9H7BrN2O2. The van der Waals surface area contributed by atoms with E-state index in [1.165, 1.54) is 0 Å². The smallest absolute Gasteiger partial charge is 0.170 e. The van der Waals surface area contributed by atoms with E-state index in [2.05, 4.69) is 21.1 Å². The van der Waals surface area contributed by atoms with Gasteiger partial charge in [0.25, 0.3) is 0 Å². The summed E-state index contributed by atoms with van der Waals surface area (Å²) < 4.78 is 5.78. The number of anilines is 1. The van der Waals surface area contributed by atoms with E-state index in [9.17, 15) is 5.11 Å². The molecule has 0 amide bonds. The molecule has 0 saturated heterocycles. The molecule has 0 fully saturated rings. The summed E-state index contributed by atoms with van der Waals surface area (Å²) in [5.74, 6) is 0.999. The van der Waals surface area contributed by atoms with Crippen molar-refractivity contribution < 1.29 is 9.63 Å². The summed E-state index contributed by atoms with van der Waals surface area (Å²) in [6, 6.07) is 6.47. The van der Waals surface area contributed by atoms with Crippen LogP contribution >= 0.6 is 15.9 Å². The van der Waals surface area contributed by atoms with Gasteiger partial charge in [-0.05, 0) is 18.2 Å². The minimum absolute atomic E-state index is 0.165. The first-order valence-electron chi connectivity index (χ1n) is 3.88. The van der Waals surface area contributed by atoms with Gasteiger partial charge in [-0.1, -0.05) is 21.1 Å². The van der Waals surface area contributed by atoms with Crippen LogP contribution in [-0.4, -0.2) is 10.3 Å². The van der Waals surface area contributed by atoms with Gasteiger partial charge in [0.1, 0.15) is 5.75 Å². The molecule has 0 aliphatic carbocycles. The van der Waals surface area contributed by atoms with Crippen molar-refractivity contribution in [3.05, 3.63) is 28.7 Å². The zero-order valence-electron chi connectivity index (χ0n) is 7.07. The average Bonchev–Trinajstić information content (AvgIpc) is 2.56. The van der Waals surface area contributed by atoms with E-state index < -0.39 is 0 Å². The average molecular weight is 255 g/mol. The van der Waals surface area contributed by atoms with Crippen LogP contribution in [0.1, 0.15) is 0 Å². The van der Waals surface area contributed by atoms with Gasteiger partial charge in [0.15, 0.2) is 11.6 Å². The van der Waals surface area contributed by atoms with E-state index in [1.807, 2.05) is 0 Å². The Morgan fingerprint density at radius 1 is 1.36 bits per heavy atom. The van der Waals surface area contributed by atoms with Crippen LogP contribution in [-0.2, 0) is 0 Å². The summed E-state index contributed by atoms with van der Waals surface area (Å²) in [5, 5.41) is 12.9. The predicted octanol–water partition coefficient (Wildman–Crippen LogP) is 2.39. The molecule has 4 nitrogen and oxygen atoms in total. The molecule has 1 heterocycles. The molecule has 5 heteroatoms. The van der Waals surface area contributed by atoms with Gasteiger partial charge < -0.3 is 15.4 Å². The number of rotatable bonds is 1. The number of halogens is 1. The summed E-state index contributed by atoms with van der Waals surface area (Å²) in [7, 11) is 0. The van der Waals surface area contributed by atoms with Crippen molar-refractivity contribution >= 4 is 21.7 Å². The summed E-state index contributed by atoms with van der Waals surface area (Å²) >= 11 is 3.34. The second-order valence-electron chi connectivity index (χ2n) is 2.78. The number of hydrogen-bond acceptors (Lipinski definition) is 4. The molecule has 3 N–H and O–H groups in total. The number of hydrogen-bond donors (Lipinski definition) is 2. The van der Waals surface area contributed by atoms with Gasteiger partial charge in [-0.15, -0.1) is 0 Å². The number of phenolic OH excluding ortho intramolecular Hbond substituents is 1. The van der Waals surface area contributed by atoms with Gasteiger partial charge in [-0.3, -0.25) is 0 Å². The number of nitrogens with two attached hydrogens (primary N) is 1. The lowest BCUT2D eigenvalue weighted by Gasteiger charge is -1.99. The van der Waals surface area contributed by atoms with E-state index in [0.29, 0.717) is 17.1 Å². The fourth-order valence-corrected chi connectivity index (χ4v) is 1.56. The fraction of sp³-hybridized carbons (Fsp3) is 0. The molecule has 1 aromatic heterocycles. The van der Waals surface area contributed by atoms with Crippen molar-refractivity contribution in [2.45, 2.75) is 0 Å². The highest BCUT2D eigenvalue weighted by Gasteiger charge is 2.09. The van der Waals surface area contributed by atoms with Gasteiger partial charge in [-0.2, -0.15) is 0 Å². The SMILES string of the molecule is Nc1cc(-c2cc(O)ccc2Br)on1. The van der Waals surface area contributed by atoms with E-state index in [4.69, 9.17) is 10.3 Å². The highest BCUT2D eigenvalue weighted by Crippen LogP contribution is 2.31. The van der Waals surface area contributed by atoms with Crippen molar-refractivity contribution in [1.82, 2.24) is 5.16 Å². The Morgan fingerprint density at radius 2 is 2.14 bits per heavy atom. The highest BCUT2D eigenvalue weighted by atomic mass is 79.9. The van der Waals surface area contributed by atoms with Gasteiger partial charge in [-0.25, -0.2) is 0 Å². The summed E-state index contributed by atoms with van der Waals surface area (Å²) in [6.45, 7) is 0. The van der Waals surface area contributed by atoms with Crippen LogP contribution in [0.4, 0.5) is 5.82 Å². The topological polar surface area (TPSA) is 72.3 Å². The summed E-state index contributed by atoms with van der Waals surface area (Å²) in [5.41, 5.74) is 6.14. The van der Waals surface area contributed by atoms with Gasteiger partial charge in [0.2, 0.25) is 0 Å². The molecule has 0 aliphatic rings. The largest absolute Gasteiger partial charge is 0.508 e. The molecule has 2 aromatic rings. The highest BCUT2D eigenvalue weighted by molar-refractivity contribution is 9.10. The number of nitrogens with zero attached hydrogens (tertiary/aromatic N) is 1. The predicted molar refractivity (Wildman–Crippen MR) is 55.7 cm³/mol. The van der Waals surface area contributed by atoms with Gasteiger partial charge >= 0.3 is 0 Å². The Hall–Kier alpha value is -1.49. The molecule has 0 radical (unpaired) electrons. The Labute approximate surface area is 88.5 Å². The van der Waals surface area contributed by atoms with E-state index >= 15 is 0 Å². The van der Waals surface area contributed by atoms with Crippen molar-refractivity contribution in [3.63, 3.8) is 0 Å². The van der Waals surface area contributed by atoms with Crippen LogP contribution in [0.15, 0.2) is 33.3 Å². The number of nitrogen functional groups attached to an aromatic ring is 1. The van der Waals surface area contributed by atoms with Gasteiger partial charge in [0.05, 0.1) is 0 Å². The standard InChI is InChI=1S/C9H7BrN2O2/c10-7-2-1-5(13)3-6(7)8-4-9(11)12-14-8/h1-4,13H,(H2,11,12). The third-order valence-electron chi connectivity index (χ3n) is 1.74. The maximum Gasteiger partial charge on any atom is 0.170 e. The van der Waals surface area contributed by atoms with Crippen LogP contribution in [0.25, 0.3) is 11.3 Å². The fourth-order valence-electron chi connectivity index (χ4n) is 1.12. The number of benzene rings is 1. The molecule has 0 atom stereocenters. The van der Waals surface area contributed by atoms with Crippen LogP contribution < -0.4 is 5.73 Å². The molecule has 0 spiro atoms. The molecule has 72 valence electrons. The lowest BCUT2D eigenvalue weighted by atomic mass is 10.1. The summed E-state index contributed by atoms with van der Waals surface area (Å²) in [4.78, 5) is 0. The molecule has 0 bridgehead atoms. The normalized spacial score (nSPS) is 10.4. The Kier molecular flexibility index (Phi) is 2.17. The zero-order valence-corrected chi connectivity index (χ0v) is 8.65. The van der Waals surface area contributed by atoms with Crippen LogP contribution in [0.3, 0.4) is 0 Å². The van der Waals surface area contributed by atoms with Crippen molar-refractivity contribution in [2.75, 3.05) is 5.73 Å². The Balaban J connectivity index is 2.55. The quantitative estimate of drug-likeness (QED) is 0.820. The molecule has 0 aliphatic heterocycles. The van der Waals surface area contributed by atoms with Crippen molar-refractivity contribution in [2.24, 2.45) is 0 Å². The van der Waals surface area contributed by atoms with E-state index in [0.717, 1.165) is 4.47 Å². The third-order valence-corrected chi connectivity index (χ3v) is 2.44. The Morgan fingerprint density at radius 3 is 2.79 bits per heavy atom. The maximum atomic E-state index is 9.29. The lowest BCUT2D eigenvalue weighted by Crippen LogP contribution is -1.80. The van der Waals surface area contributed by atoms with E-state index in [1.54, 1.807) is 24.3 Å². The molecule has 2 rings (SSSR count). The van der Waals surface area contributed by atoms with Gasteiger partial charge in [0, 0.05) is 16.1 Å². The number of aromatic hydroxyl groups is 1. The minimum atomic E-state index is 0.165.